The molecule has 1 heterocycles. The fourth-order valence-electron chi connectivity index (χ4n) is 2.42. The zero-order chi connectivity index (χ0) is 16.7. The van der Waals surface area contributed by atoms with E-state index < -0.39 is 0 Å². The first kappa shape index (κ1) is 16.9. The Labute approximate surface area is 138 Å². The van der Waals surface area contributed by atoms with E-state index in [2.05, 4.69) is 28.7 Å². The lowest BCUT2D eigenvalue weighted by Gasteiger charge is -2.22. The van der Waals surface area contributed by atoms with Crippen LogP contribution in [-0.2, 0) is 0 Å². The van der Waals surface area contributed by atoms with Gasteiger partial charge in [0.15, 0.2) is 0 Å². The number of hydrogen-bond acceptors (Lipinski definition) is 4. The Hall–Kier alpha value is -2.43. The van der Waals surface area contributed by atoms with Gasteiger partial charge >= 0.3 is 0 Å². The van der Waals surface area contributed by atoms with Gasteiger partial charge in [-0.15, -0.1) is 0 Å². The molecule has 0 spiro atoms. The number of amides is 1. The van der Waals surface area contributed by atoms with Gasteiger partial charge in [-0.25, -0.2) is 9.97 Å². The molecule has 1 aromatic heterocycles. The van der Waals surface area contributed by atoms with Crippen molar-refractivity contribution in [1.82, 2.24) is 9.97 Å². The minimum absolute atomic E-state index is 0.159. The number of anilines is 2. The summed E-state index contributed by atoms with van der Waals surface area (Å²) in [6, 6.07) is 9.52. The number of para-hydroxylation sites is 1. The van der Waals surface area contributed by atoms with Gasteiger partial charge in [-0.05, 0) is 25.0 Å². The summed E-state index contributed by atoms with van der Waals surface area (Å²) >= 11 is 0. The van der Waals surface area contributed by atoms with Crippen LogP contribution in [0.3, 0.4) is 0 Å². The Morgan fingerprint density at radius 2 is 1.65 bits per heavy atom. The van der Waals surface area contributed by atoms with Gasteiger partial charge in [-0.2, -0.15) is 0 Å². The van der Waals surface area contributed by atoms with E-state index in [1.54, 1.807) is 24.3 Å². The summed E-state index contributed by atoms with van der Waals surface area (Å²) in [5, 5.41) is 0. The maximum absolute atomic E-state index is 12.5. The van der Waals surface area contributed by atoms with E-state index in [0.717, 1.165) is 37.4 Å². The summed E-state index contributed by atoms with van der Waals surface area (Å²) in [5.74, 6) is 0.667. The summed E-state index contributed by atoms with van der Waals surface area (Å²) in [6.45, 7) is 6.17. The smallest absolute Gasteiger partial charge is 0.278 e. The first-order chi connectivity index (χ1) is 11.2. The molecule has 1 aromatic carbocycles. The zero-order valence-electron chi connectivity index (χ0n) is 14.1. The maximum atomic E-state index is 12.5. The fraction of sp³-hybridized carbons (Fsp3) is 0.389. The summed E-state index contributed by atoms with van der Waals surface area (Å²) in [6.07, 6.45) is 5.37. The molecule has 0 radical (unpaired) electrons. The highest BCUT2D eigenvalue weighted by Crippen LogP contribution is 2.15. The SMILES string of the molecule is CCCN(CCC)c1cnc(C(=O)N(C)c2ccccc2)cn1. The van der Waals surface area contributed by atoms with Crippen LogP contribution in [0.5, 0.6) is 0 Å². The third kappa shape index (κ3) is 4.28. The van der Waals surface area contributed by atoms with Crippen molar-refractivity contribution in [2.75, 3.05) is 29.9 Å². The molecule has 5 heteroatoms. The molecule has 0 atom stereocenters. The maximum Gasteiger partial charge on any atom is 0.278 e. The summed E-state index contributed by atoms with van der Waals surface area (Å²) in [7, 11) is 1.74. The molecule has 0 aliphatic rings. The van der Waals surface area contributed by atoms with Crippen LogP contribution in [0.25, 0.3) is 0 Å². The lowest BCUT2D eigenvalue weighted by Crippen LogP contribution is -2.28. The lowest BCUT2D eigenvalue weighted by molar-refractivity contribution is 0.0988. The topological polar surface area (TPSA) is 49.3 Å². The predicted molar refractivity (Wildman–Crippen MR) is 94.0 cm³/mol. The molecule has 122 valence electrons. The van der Waals surface area contributed by atoms with Crippen molar-refractivity contribution in [2.45, 2.75) is 26.7 Å². The van der Waals surface area contributed by atoms with Gasteiger partial charge in [0.2, 0.25) is 0 Å². The van der Waals surface area contributed by atoms with Crippen LogP contribution in [0.4, 0.5) is 11.5 Å². The normalized spacial score (nSPS) is 10.4. The molecule has 1 amide bonds. The van der Waals surface area contributed by atoms with Crippen LogP contribution in [0, 0.1) is 0 Å². The molecule has 0 saturated heterocycles. The first-order valence-electron chi connectivity index (χ1n) is 8.07. The van der Waals surface area contributed by atoms with Gasteiger partial charge in [-0.3, -0.25) is 4.79 Å². The second kappa shape index (κ2) is 8.27. The highest BCUT2D eigenvalue weighted by Gasteiger charge is 2.16. The first-order valence-corrected chi connectivity index (χ1v) is 8.07. The molecule has 2 aromatic rings. The van der Waals surface area contributed by atoms with Crippen molar-refractivity contribution in [3.8, 4) is 0 Å². The van der Waals surface area contributed by atoms with Crippen molar-refractivity contribution < 1.29 is 4.79 Å². The number of aromatic nitrogens is 2. The quantitative estimate of drug-likeness (QED) is 0.786. The van der Waals surface area contributed by atoms with E-state index in [4.69, 9.17) is 0 Å². The van der Waals surface area contributed by atoms with Crippen LogP contribution >= 0.6 is 0 Å². The molecule has 0 saturated carbocycles. The number of nitrogens with zero attached hydrogens (tertiary/aromatic N) is 4. The van der Waals surface area contributed by atoms with Crippen LogP contribution in [0.1, 0.15) is 37.2 Å². The van der Waals surface area contributed by atoms with Gasteiger partial charge < -0.3 is 9.80 Å². The number of carbonyl (C=O) groups excluding carboxylic acids is 1. The molecule has 23 heavy (non-hydrogen) atoms. The molecule has 0 unspecified atom stereocenters. The average Bonchev–Trinajstić information content (AvgIpc) is 2.61. The van der Waals surface area contributed by atoms with Crippen molar-refractivity contribution in [3.05, 3.63) is 48.4 Å². The minimum Gasteiger partial charge on any atom is -0.355 e. The minimum atomic E-state index is -0.159. The van der Waals surface area contributed by atoms with Gasteiger partial charge in [0, 0.05) is 25.8 Å². The van der Waals surface area contributed by atoms with Crippen LogP contribution in [0.15, 0.2) is 42.7 Å². The molecule has 0 N–H and O–H groups in total. The molecular weight excluding hydrogens is 288 g/mol. The van der Waals surface area contributed by atoms with E-state index in [1.165, 1.54) is 0 Å². The van der Waals surface area contributed by atoms with E-state index in [9.17, 15) is 4.79 Å². The molecule has 2 rings (SSSR count). The second-order valence-corrected chi connectivity index (χ2v) is 5.45. The van der Waals surface area contributed by atoms with Crippen LogP contribution < -0.4 is 9.80 Å². The molecular formula is C18H24N4O. The average molecular weight is 312 g/mol. The van der Waals surface area contributed by atoms with Crippen molar-refractivity contribution in [3.63, 3.8) is 0 Å². The molecule has 0 aliphatic heterocycles. The van der Waals surface area contributed by atoms with Gasteiger partial charge in [0.05, 0.1) is 12.4 Å². The Bertz CT molecular complexity index is 607. The third-order valence-corrected chi connectivity index (χ3v) is 3.62. The number of carbonyl (C=O) groups is 1. The summed E-state index contributed by atoms with van der Waals surface area (Å²) in [4.78, 5) is 25.0. The number of rotatable bonds is 7. The zero-order valence-corrected chi connectivity index (χ0v) is 14.1. The van der Waals surface area contributed by atoms with E-state index in [-0.39, 0.29) is 5.91 Å². The Balaban J connectivity index is 2.13. The highest BCUT2D eigenvalue weighted by atomic mass is 16.2. The molecule has 0 aliphatic carbocycles. The van der Waals surface area contributed by atoms with Crippen molar-refractivity contribution in [2.24, 2.45) is 0 Å². The molecule has 0 fully saturated rings. The molecule has 0 bridgehead atoms. The van der Waals surface area contributed by atoms with Gasteiger partial charge in [-0.1, -0.05) is 32.0 Å². The standard InChI is InChI=1S/C18H24N4O/c1-4-11-22(12-5-2)17-14-19-16(13-20-17)18(23)21(3)15-9-7-6-8-10-15/h6-10,13-14H,4-5,11-12H2,1-3H3. The van der Waals surface area contributed by atoms with E-state index in [0.29, 0.717) is 5.69 Å². The second-order valence-electron chi connectivity index (χ2n) is 5.45. The Morgan fingerprint density at radius 1 is 1.00 bits per heavy atom. The predicted octanol–water partition coefficient (Wildman–Crippen LogP) is 3.38. The number of hydrogen-bond donors (Lipinski definition) is 0. The summed E-state index contributed by atoms with van der Waals surface area (Å²) < 4.78 is 0. The van der Waals surface area contributed by atoms with Crippen molar-refractivity contribution >= 4 is 17.4 Å². The van der Waals surface area contributed by atoms with E-state index in [1.807, 2.05) is 30.3 Å². The van der Waals surface area contributed by atoms with Gasteiger partial charge in [0.1, 0.15) is 11.5 Å². The fourth-order valence-corrected chi connectivity index (χ4v) is 2.42. The monoisotopic (exact) mass is 312 g/mol. The Kier molecular flexibility index (Phi) is 6.09. The van der Waals surface area contributed by atoms with Crippen LogP contribution in [0.2, 0.25) is 0 Å². The van der Waals surface area contributed by atoms with Crippen molar-refractivity contribution in [1.29, 1.82) is 0 Å². The van der Waals surface area contributed by atoms with Gasteiger partial charge in [0.25, 0.3) is 5.91 Å². The largest absolute Gasteiger partial charge is 0.355 e. The molecule has 5 nitrogen and oxygen atoms in total. The number of benzene rings is 1. The lowest BCUT2D eigenvalue weighted by atomic mass is 10.3. The van der Waals surface area contributed by atoms with E-state index >= 15 is 0 Å². The highest BCUT2D eigenvalue weighted by molar-refractivity contribution is 6.04. The third-order valence-electron chi connectivity index (χ3n) is 3.62. The van der Waals surface area contributed by atoms with Crippen LogP contribution in [-0.4, -0.2) is 36.0 Å². The Morgan fingerprint density at radius 3 is 2.17 bits per heavy atom. The summed E-state index contributed by atoms with van der Waals surface area (Å²) in [5.41, 5.74) is 1.19.